The summed E-state index contributed by atoms with van der Waals surface area (Å²) in [6, 6.07) is -0.199. The summed E-state index contributed by atoms with van der Waals surface area (Å²) in [5.74, 6) is 0. The van der Waals surface area contributed by atoms with Crippen molar-refractivity contribution in [3.8, 4) is 0 Å². The molecule has 1 aromatic rings. The van der Waals surface area contributed by atoms with E-state index in [9.17, 15) is 4.79 Å². The van der Waals surface area contributed by atoms with E-state index in [4.69, 9.17) is 9.47 Å². The Balaban J connectivity index is 2.74. The molecule has 6 nitrogen and oxygen atoms in total. The average Bonchev–Trinajstić information content (AvgIpc) is 2.73. The van der Waals surface area contributed by atoms with E-state index in [-0.39, 0.29) is 11.6 Å². The third-order valence-electron chi connectivity index (χ3n) is 3.03. The first kappa shape index (κ1) is 17.5. The quantitative estimate of drug-likeness (QED) is 0.907. The molecule has 21 heavy (non-hydrogen) atoms. The average molecular weight is 297 g/mol. The van der Waals surface area contributed by atoms with E-state index in [0.717, 1.165) is 5.69 Å². The lowest BCUT2D eigenvalue weighted by Gasteiger charge is -2.26. The predicted molar refractivity (Wildman–Crippen MR) is 81.1 cm³/mol. The number of nitrogens with one attached hydrogen (secondary N) is 1. The number of carbonyl (C=O) groups is 1. The summed E-state index contributed by atoms with van der Waals surface area (Å²) < 4.78 is 12.7. The number of imidazole rings is 1. The number of aromatic nitrogens is 2. The second-order valence-electron chi connectivity index (χ2n) is 6.78. The van der Waals surface area contributed by atoms with Crippen molar-refractivity contribution in [2.75, 3.05) is 7.11 Å². The van der Waals surface area contributed by atoms with Crippen LogP contribution in [-0.2, 0) is 16.0 Å². The molecule has 0 radical (unpaired) electrons. The van der Waals surface area contributed by atoms with Gasteiger partial charge in [-0.3, -0.25) is 0 Å². The van der Waals surface area contributed by atoms with Crippen molar-refractivity contribution >= 4 is 6.09 Å². The first-order valence-corrected chi connectivity index (χ1v) is 7.09. The van der Waals surface area contributed by atoms with Crippen molar-refractivity contribution in [2.45, 2.75) is 65.3 Å². The van der Waals surface area contributed by atoms with Crippen LogP contribution >= 0.6 is 0 Å². The van der Waals surface area contributed by atoms with E-state index in [1.165, 1.54) is 0 Å². The first-order chi connectivity index (χ1) is 9.54. The first-order valence-electron chi connectivity index (χ1n) is 7.09. The predicted octanol–water partition coefficient (Wildman–Crippen LogP) is 2.89. The minimum absolute atomic E-state index is 0.199. The second kappa shape index (κ2) is 6.47. The van der Waals surface area contributed by atoms with E-state index in [2.05, 4.69) is 10.3 Å². The Hall–Kier alpha value is -1.56. The number of hydrogen-bond donors (Lipinski definition) is 1. The minimum Gasteiger partial charge on any atom is -0.444 e. The molecule has 0 spiro atoms. The molecule has 1 amide bonds. The molecule has 0 aliphatic carbocycles. The van der Waals surface area contributed by atoms with Crippen LogP contribution in [0.15, 0.2) is 12.5 Å². The van der Waals surface area contributed by atoms with Crippen LogP contribution in [0.25, 0.3) is 0 Å². The summed E-state index contributed by atoms with van der Waals surface area (Å²) in [7, 11) is 1.68. The molecule has 0 bridgehead atoms. The molecule has 1 atom stereocenters. The lowest BCUT2D eigenvalue weighted by Crippen LogP contribution is -2.35. The lowest BCUT2D eigenvalue weighted by atomic mass is 10.1. The molecule has 1 aromatic heterocycles. The number of alkyl carbamates (subject to hydrolysis) is 1. The van der Waals surface area contributed by atoms with Crippen molar-refractivity contribution in [1.82, 2.24) is 14.9 Å². The Morgan fingerprint density at radius 3 is 2.52 bits per heavy atom. The fraction of sp³-hybridized carbons (Fsp3) is 0.733. The van der Waals surface area contributed by atoms with Gasteiger partial charge in [0.25, 0.3) is 0 Å². The van der Waals surface area contributed by atoms with Crippen molar-refractivity contribution in [1.29, 1.82) is 0 Å². The highest BCUT2D eigenvalue weighted by Crippen LogP contribution is 2.18. The van der Waals surface area contributed by atoms with Crippen LogP contribution < -0.4 is 5.32 Å². The van der Waals surface area contributed by atoms with E-state index in [0.29, 0.717) is 6.54 Å². The number of rotatable bonds is 5. The highest BCUT2D eigenvalue weighted by molar-refractivity contribution is 5.68. The van der Waals surface area contributed by atoms with Gasteiger partial charge in [0.15, 0.2) is 0 Å². The Labute approximate surface area is 126 Å². The van der Waals surface area contributed by atoms with Gasteiger partial charge in [-0.15, -0.1) is 0 Å². The van der Waals surface area contributed by atoms with Gasteiger partial charge in [-0.25, -0.2) is 9.78 Å². The summed E-state index contributed by atoms with van der Waals surface area (Å²) in [5, 5.41) is 2.82. The third-order valence-corrected chi connectivity index (χ3v) is 3.03. The number of hydrogen-bond acceptors (Lipinski definition) is 4. The van der Waals surface area contributed by atoms with Crippen molar-refractivity contribution in [2.24, 2.45) is 0 Å². The number of amides is 1. The van der Waals surface area contributed by atoms with Crippen LogP contribution in [0.4, 0.5) is 4.79 Å². The Bertz CT molecular complexity index is 475. The SMILES string of the molecule is COC(C)(C)Cn1cncc1[C@@H](C)NC(=O)OC(C)(C)C. The van der Waals surface area contributed by atoms with Crippen LogP contribution in [-0.4, -0.2) is 34.0 Å². The molecule has 0 aliphatic rings. The zero-order chi connectivity index (χ0) is 16.3. The number of carbonyl (C=O) groups excluding carboxylic acids is 1. The molecule has 0 unspecified atom stereocenters. The van der Waals surface area contributed by atoms with Gasteiger partial charge in [-0.05, 0) is 41.5 Å². The molecular weight excluding hydrogens is 270 g/mol. The summed E-state index contributed by atoms with van der Waals surface area (Å²) >= 11 is 0. The topological polar surface area (TPSA) is 65.4 Å². The molecule has 1 N–H and O–H groups in total. The normalized spacial score (nSPS) is 13.9. The van der Waals surface area contributed by atoms with Crippen LogP contribution in [0.5, 0.6) is 0 Å². The van der Waals surface area contributed by atoms with E-state index in [1.54, 1.807) is 19.6 Å². The number of ether oxygens (including phenoxy) is 2. The highest BCUT2D eigenvalue weighted by Gasteiger charge is 2.23. The van der Waals surface area contributed by atoms with Gasteiger partial charge in [0.2, 0.25) is 0 Å². The van der Waals surface area contributed by atoms with Gasteiger partial charge < -0.3 is 19.4 Å². The number of methoxy groups -OCH3 is 1. The van der Waals surface area contributed by atoms with Gasteiger partial charge in [-0.2, -0.15) is 0 Å². The fourth-order valence-electron chi connectivity index (χ4n) is 1.86. The monoisotopic (exact) mass is 297 g/mol. The van der Waals surface area contributed by atoms with Gasteiger partial charge in [-0.1, -0.05) is 0 Å². The Morgan fingerprint density at radius 1 is 1.38 bits per heavy atom. The molecule has 120 valence electrons. The van der Waals surface area contributed by atoms with Gasteiger partial charge in [0.1, 0.15) is 5.60 Å². The summed E-state index contributed by atoms with van der Waals surface area (Å²) in [6.07, 6.45) is 3.05. The van der Waals surface area contributed by atoms with Crippen LogP contribution in [0, 0.1) is 0 Å². The largest absolute Gasteiger partial charge is 0.444 e. The standard InChI is InChI=1S/C15H27N3O3/c1-11(17-13(19)21-14(2,3)4)12-8-16-10-18(12)9-15(5,6)20-7/h8,10-11H,9H2,1-7H3,(H,17,19)/t11-/m1/s1. The van der Waals surface area contributed by atoms with Gasteiger partial charge in [0.05, 0.1) is 36.4 Å². The minimum atomic E-state index is -0.512. The maximum absolute atomic E-state index is 11.8. The summed E-state index contributed by atoms with van der Waals surface area (Å²) in [4.78, 5) is 16.0. The van der Waals surface area contributed by atoms with Crippen LogP contribution in [0.3, 0.4) is 0 Å². The third kappa shape index (κ3) is 5.75. The van der Waals surface area contributed by atoms with Crippen LogP contribution in [0.1, 0.15) is 53.3 Å². The van der Waals surface area contributed by atoms with E-state index in [1.807, 2.05) is 46.1 Å². The molecule has 0 saturated heterocycles. The molecule has 0 fully saturated rings. The van der Waals surface area contributed by atoms with Crippen molar-refractivity contribution in [3.05, 3.63) is 18.2 Å². The van der Waals surface area contributed by atoms with E-state index >= 15 is 0 Å². The van der Waals surface area contributed by atoms with E-state index < -0.39 is 11.7 Å². The van der Waals surface area contributed by atoms with Gasteiger partial charge >= 0.3 is 6.09 Å². The van der Waals surface area contributed by atoms with Crippen molar-refractivity contribution in [3.63, 3.8) is 0 Å². The zero-order valence-corrected chi connectivity index (χ0v) is 14.1. The maximum atomic E-state index is 11.8. The molecule has 0 saturated carbocycles. The zero-order valence-electron chi connectivity index (χ0n) is 14.1. The number of nitrogens with zero attached hydrogens (tertiary/aromatic N) is 2. The smallest absolute Gasteiger partial charge is 0.408 e. The molecule has 0 aromatic carbocycles. The Morgan fingerprint density at radius 2 is 2.00 bits per heavy atom. The lowest BCUT2D eigenvalue weighted by molar-refractivity contribution is 0.00728. The Kier molecular flexibility index (Phi) is 5.39. The summed E-state index contributed by atoms with van der Waals surface area (Å²) in [5.41, 5.74) is 0.0920. The van der Waals surface area contributed by atoms with Crippen LogP contribution in [0.2, 0.25) is 0 Å². The molecule has 1 rings (SSSR count). The molecule has 6 heteroatoms. The second-order valence-corrected chi connectivity index (χ2v) is 6.78. The highest BCUT2D eigenvalue weighted by atomic mass is 16.6. The fourth-order valence-corrected chi connectivity index (χ4v) is 1.86. The van der Waals surface area contributed by atoms with Gasteiger partial charge in [0, 0.05) is 7.11 Å². The van der Waals surface area contributed by atoms with Crippen molar-refractivity contribution < 1.29 is 14.3 Å². The molecule has 1 heterocycles. The molecular formula is C15H27N3O3. The molecule has 0 aliphatic heterocycles. The summed E-state index contributed by atoms with van der Waals surface area (Å²) in [6.45, 7) is 12.1. The maximum Gasteiger partial charge on any atom is 0.408 e.